The van der Waals surface area contributed by atoms with Crippen molar-refractivity contribution in [3.8, 4) is 5.88 Å². The van der Waals surface area contributed by atoms with Crippen LogP contribution in [0.4, 0.5) is 5.82 Å². The summed E-state index contributed by atoms with van der Waals surface area (Å²) in [5.41, 5.74) is 0.232. The average molecular weight is 307 g/mol. The van der Waals surface area contributed by atoms with Crippen molar-refractivity contribution in [2.24, 2.45) is 5.41 Å². The average Bonchev–Trinajstić information content (AvgIpc) is 2.32. The molecule has 0 bridgehead atoms. The molecule has 0 unspecified atom stereocenters. The van der Waals surface area contributed by atoms with Crippen molar-refractivity contribution in [1.29, 1.82) is 0 Å². The summed E-state index contributed by atoms with van der Waals surface area (Å²) in [6, 6.07) is 1.92. The Hall–Kier alpha value is -1.32. The molecule has 0 spiro atoms. The molecule has 1 N–H and O–H groups in total. The van der Waals surface area contributed by atoms with E-state index in [0.717, 1.165) is 37.3 Å². The second-order valence-corrected chi connectivity index (χ2v) is 7.85. The van der Waals surface area contributed by atoms with Gasteiger partial charge in [0.05, 0.1) is 6.61 Å². The first kappa shape index (κ1) is 18.7. The van der Waals surface area contributed by atoms with Gasteiger partial charge in [-0.1, -0.05) is 34.6 Å². The minimum atomic E-state index is -0.0296. The molecule has 0 saturated heterocycles. The first-order valence-electron chi connectivity index (χ1n) is 8.44. The Morgan fingerprint density at radius 2 is 1.73 bits per heavy atom. The predicted molar refractivity (Wildman–Crippen MR) is 93.6 cm³/mol. The van der Waals surface area contributed by atoms with Crippen LogP contribution in [0.1, 0.15) is 73.6 Å². The van der Waals surface area contributed by atoms with Crippen molar-refractivity contribution < 1.29 is 4.74 Å². The van der Waals surface area contributed by atoms with Crippen LogP contribution in [-0.2, 0) is 6.42 Å². The van der Waals surface area contributed by atoms with Gasteiger partial charge < -0.3 is 10.1 Å². The maximum absolute atomic E-state index is 5.71. The molecule has 1 rings (SSSR count). The third-order valence-electron chi connectivity index (χ3n) is 3.12. The van der Waals surface area contributed by atoms with Gasteiger partial charge in [-0.25, -0.2) is 4.98 Å². The van der Waals surface area contributed by atoms with E-state index < -0.39 is 0 Å². The molecule has 0 saturated carbocycles. The molecule has 0 fully saturated rings. The molecule has 1 aromatic heterocycles. The van der Waals surface area contributed by atoms with Crippen molar-refractivity contribution in [1.82, 2.24) is 9.97 Å². The maximum atomic E-state index is 5.71. The Kier molecular flexibility index (Phi) is 6.64. The maximum Gasteiger partial charge on any atom is 0.218 e. The van der Waals surface area contributed by atoms with Crippen molar-refractivity contribution in [2.45, 2.75) is 79.7 Å². The normalized spacial score (nSPS) is 12.3. The van der Waals surface area contributed by atoms with E-state index in [0.29, 0.717) is 12.5 Å². The zero-order chi connectivity index (χ0) is 16.8. The van der Waals surface area contributed by atoms with Crippen molar-refractivity contribution in [3.05, 3.63) is 11.9 Å². The van der Waals surface area contributed by atoms with Crippen LogP contribution in [0, 0.1) is 5.41 Å². The second kappa shape index (κ2) is 7.80. The molecule has 0 aromatic carbocycles. The van der Waals surface area contributed by atoms with Crippen LogP contribution in [0.15, 0.2) is 6.07 Å². The van der Waals surface area contributed by atoms with E-state index in [1.807, 2.05) is 6.07 Å². The molecule has 126 valence electrons. The Morgan fingerprint density at radius 3 is 2.27 bits per heavy atom. The third-order valence-corrected chi connectivity index (χ3v) is 3.12. The molecule has 0 aliphatic heterocycles. The van der Waals surface area contributed by atoms with Crippen molar-refractivity contribution >= 4 is 5.82 Å². The molecule has 4 nitrogen and oxygen atoms in total. The van der Waals surface area contributed by atoms with E-state index in [2.05, 4.69) is 63.8 Å². The van der Waals surface area contributed by atoms with Gasteiger partial charge in [-0.15, -0.1) is 0 Å². The van der Waals surface area contributed by atoms with Gasteiger partial charge in [0.25, 0.3) is 0 Å². The number of aryl methyl sites for hydroxylation is 1. The van der Waals surface area contributed by atoms with E-state index >= 15 is 0 Å². The van der Waals surface area contributed by atoms with Crippen LogP contribution in [0.5, 0.6) is 5.88 Å². The molecule has 1 heterocycles. The number of hydrogen-bond donors (Lipinski definition) is 1. The lowest BCUT2D eigenvalue weighted by molar-refractivity contribution is 0.299. The number of rotatable bonds is 8. The molecular formula is C18H33N3O. The smallest absolute Gasteiger partial charge is 0.218 e. The Labute approximate surface area is 136 Å². The first-order chi connectivity index (χ1) is 10.1. The van der Waals surface area contributed by atoms with Gasteiger partial charge in [0, 0.05) is 18.0 Å². The highest BCUT2D eigenvalue weighted by molar-refractivity contribution is 5.41. The zero-order valence-electron chi connectivity index (χ0n) is 15.4. The SMILES string of the molecule is CCCOc1cc(NC(C)(C)CC(C)(C)C)nc(CCC)n1. The summed E-state index contributed by atoms with van der Waals surface area (Å²) in [6.07, 6.45) is 3.93. The van der Waals surface area contributed by atoms with Gasteiger partial charge >= 0.3 is 0 Å². The molecule has 0 amide bonds. The number of nitrogens with zero attached hydrogens (tertiary/aromatic N) is 2. The molecule has 22 heavy (non-hydrogen) atoms. The first-order valence-corrected chi connectivity index (χ1v) is 8.44. The summed E-state index contributed by atoms with van der Waals surface area (Å²) in [4.78, 5) is 9.14. The Balaban J connectivity index is 2.94. The summed E-state index contributed by atoms with van der Waals surface area (Å²) in [6.45, 7) is 16.1. The quantitative estimate of drug-likeness (QED) is 0.746. The summed E-state index contributed by atoms with van der Waals surface area (Å²) in [5.74, 6) is 2.39. The molecule has 0 aliphatic rings. The molecule has 0 radical (unpaired) electrons. The Bertz CT molecular complexity index is 464. The van der Waals surface area contributed by atoms with Gasteiger partial charge in [-0.05, 0) is 38.5 Å². The third kappa shape index (κ3) is 7.10. The summed E-state index contributed by atoms with van der Waals surface area (Å²) < 4.78 is 5.71. The molecule has 4 heteroatoms. The zero-order valence-corrected chi connectivity index (χ0v) is 15.4. The second-order valence-electron chi connectivity index (χ2n) is 7.85. The lowest BCUT2D eigenvalue weighted by Gasteiger charge is -2.33. The topological polar surface area (TPSA) is 47.0 Å². The van der Waals surface area contributed by atoms with Crippen LogP contribution < -0.4 is 10.1 Å². The molecule has 0 aliphatic carbocycles. The van der Waals surface area contributed by atoms with E-state index in [1.54, 1.807) is 0 Å². The minimum absolute atomic E-state index is 0.0296. The van der Waals surface area contributed by atoms with Crippen LogP contribution in [0.25, 0.3) is 0 Å². The lowest BCUT2D eigenvalue weighted by Crippen LogP contribution is -2.35. The fraction of sp³-hybridized carbons (Fsp3) is 0.778. The number of anilines is 1. The van der Waals surface area contributed by atoms with E-state index in [-0.39, 0.29) is 11.0 Å². The summed E-state index contributed by atoms with van der Waals surface area (Å²) in [7, 11) is 0. The number of hydrogen-bond acceptors (Lipinski definition) is 4. The highest BCUT2D eigenvalue weighted by Crippen LogP contribution is 2.29. The summed E-state index contributed by atoms with van der Waals surface area (Å²) >= 11 is 0. The molecule has 1 aromatic rings. The fourth-order valence-electron chi connectivity index (χ4n) is 2.87. The number of ether oxygens (including phenoxy) is 1. The Morgan fingerprint density at radius 1 is 1.05 bits per heavy atom. The monoisotopic (exact) mass is 307 g/mol. The summed E-state index contributed by atoms with van der Waals surface area (Å²) in [5, 5.41) is 3.56. The van der Waals surface area contributed by atoms with Crippen molar-refractivity contribution in [3.63, 3.8) is 0 Å². The molecule has 0 atom stereocenters. The highest BCUT2D eigenvalue weighted by atomic mass is 16.5. The van der Waals surface area contributed by atoms with Gasteiger partial charge in [-0.2, -0.15) is 4.98 Å². The van der Waals surface area contributed by atoms with Gasteiger partial charge in [0.2, 0.25) is 5.88 Å². The van der Waals surface area contributed by atoms with Crippen LogP contribution in [0.3, 0.4) is 0 Å². The van der Waals surface area contributed by atoms with Gasteiger partial charge in [0.1, 0.15) is 11.6 Å². The van der Waals surface area contributed by atoms with Crippen LogP contribution >= 0.6 is 0 Å². The van der Waals surface area contributed by atoms with Crippen LogP contribution in [0.2, 0.25) is 0 Å². The highest BCUT2D eigenvalue weighted by Gasteiger charge is 2.26. The van der Waals surface area contributed by atoms with Crippen molar-refractivity contribution in [2.75, 3.05) is 11.9 Å². The van der Waals surface area contributed by atoms with E-state index in [4.69, 9.17) is 4.74 Å². The van der Waals surface area contributed by atoms with E-state index in [1.165, 1.54) is 0 Å². The van der Waals surface area contributed by atoms with Gasteiger partial charge in [-0.3, -0.25) is 0 Å². The number of nitrogens with one attached hydrogen (secondary N) is 1. The van der Waals surface area contributed by atoms with Gasteiger partial charge in [0.15, 0.2) is 0 Å². The van der Waals surface area contributed by atoms with E-state index in [9.17, 15) is 0 Å². The standard InChI is InChI=1S/C18H33N3O/c1-8-10-14-19-15(12-16(20-14)22-11-9-2)21-18(6,7)13-17(3,4)5/h12H,8-11,13H2,1-7H3,(H,19,20,21). The molecular weight excluding hydrogens is 274 g/mol. The number of aromatic nitrogens is 2. The largest absolute Gasteiger partial charge is 0.478 e. The predicted octanol–water partition coefficient (Wildman–Crippen LogP) is 4.84. The minimum Gasteiger partial charge on any atom is -0.478 e. The van der Waals surface area contributed by atoms with Crippen LogP contribution in [-0.4, -0.2) is 22.1 Å². The lowest BCUT2D eigenvalue weighted by atomic mass is 9.82. The fourth-order valence-corrected chi connectivity index (χ4v) is 2.87.